The highest BCUT2D eigenvalue weighted by Gasteiger charge is 1.96. The lowest BCUT2D eigenvalue weighted by molar-refractivity contribution is 0.0666. The topological polar surface area (TPSA) is 46.2 Å². The Morgan fingerprint density at radius 3 is 2.70 bits per heavy atom. The molecule has 57 valence electrons. The standard InChI is InChI=1S/C7H11O3/c1-2-3-4-5-6-10-7(8)9/h2H,1,3-6H2. The fourth-order valence-corrected chi connectivity index (χ4v) is 0.546. The van der Waals surface area contributed by atoms with Crippen LogP contribution in [0.15, 0.2) is 12.7 Å². The molecule has 0 fully saturated rings. The van der Waals surface area contributed by atoms with Crippen molar-refractivity contribution in [3.05, 3.63) is 12.7 Å². The van der Waals surface area contributed by atoms with E-state index in [2.05, 4.69) is 11.3 Å². The second-order valence-corrected chi connectivity index (χ2v) is 1.88. The lowest BCUT2D eigenvalue weighted by Gasteiger charge is -1.95. The van der Waals surface area contributed by atoms with Crippen molar-refractivity contribution in [2.24, 2.45) is 0 Å². The maximum atomic E-state index is 9.68. The van der Waals surface area contributed by atoms with Crippen LogP contribution in [0.5, 0.6) is 0 Å². The highest BCUT2D eigenvalue weighted by atomic mass is 16.7. The van der Waals surface area contributed by atoms with Crippen molar-refractivity contribution in [3.63, 3.8) is 0 Å². The van der Waals surface area contributed by atoms with Gasteiger partial charge in [-0.25, -0.2) is 0 Å². The summed E-state index contributed by atoms with van der Waals surface area (Å²) in [5, 5.41) is 9.68. The van der Waals surface area contributed by atoms with Crippen molar-refractivity contribution in [3.8, 4) is 0 Å². The molecule has 0 saturated heterocycles. The number of hydrogen-bond acceptors (Lipinski definition) is 2. The Bertz CT molecular complexity index is 109. The molecule has 3 nitrogen and oxygen atoms in total. The van der Waals surface area contributed by atoms with Crippen molar-refractivity contribution >= 4 is 6.16 Å². The predicted molar refractivity (Wildman–Crippen MR) is 36.1 cm³/mol. The third kappa shape index (κ3) is 7.01. The Hall–Kier alpha value is -0.990. The molecule has 0 aliphatic rings. The Labute approximate surface area is 60.3 Å². The van der Waals surface area contributed by atoms with E-state index in [1.165, 1.54) is 0 Å². The lowest BCUT2D eigenvalue weighted by atomic mass is 10.2. The number of carbonyl (C=O) groups is 1. The Morgan fingerprint density at radius 2 is 2.20 bits per heavy atom. The number of rotatable bonds is 5. The van der Waals surface area contributed by atoms with Crippen molar-refractivity contribution in [1.29, 1.82) is 0 Å². The lowest BCUT2D eigenvalue weighted by Crippen LogP contribution is -1.99. The first-order valence-corrected chi connectivity index (χ1v) is 3.22. The number of hydrogen-bond donors (Lipinski definition) is 0. The molecule has 0 amide bonds. The van der Waals surface area contributed by atoms with Crippen molar-refractivity contribution in [2.75, 3.05) is 6.61 Å². The molecule has 0 bridgehead atoms. The molecule has 0 atom stereocenters. The van der Waals surface area contributed by atoms with Gasteiger partial charge < -0.3 is 4.74 Å². The van der Waals surface area contributed by atoms with Crippen LogP contribution in [0.25, 0.3) is 0 Å². The van der Waals surface area contributed by atoms with Gasteiger partial charge >= 0.3 is 6.16 Å². The largest absolute Gasteiger partial charge is 0.549 e. The minimum Gasteiger partial charge on any atom is -0.432 e. The van der Waals surface area contributed by atoms with Gasteiger partial charge in [-0.15, -0.1) is 6.58 Å². The molecule has 0 aliphatic heterocycles. The predicted octanol–water partition coefficient (Wildman–Crippen LogP) is 1.91. The summed E-state index contributed by atoms with van der Waals surface area (Å²) in [6.07, 6.45) is 2.89. The van der Waals surface area contributed by atoms with Crippen molar-refractivity contribution in [1.82, 2.24) is 0 Å². The highest BCUT2D eigenvalue weighted by molar-refractivity contribution is 5.56. The molecule has 0 unspecified atom stereocenters. The van der Waals surface area contributed by atoms with Crippen LogP contribution >= 0.6 is 0 Å². The average molecular weight is 143 g/mol. The summed E-state index contributed by atoms with van der Waals surface area (Å²) in [4.78, 5) is 9.68. The van der Waals surface area contributed by atoms with Gasteiger partial charge in [-0.2, -0.15) is 9.90 Å². The Balaban J connectivity index is 2.90. The molecule has 0 heterocycles. The van der Waals surface area contributed by atoms with Crippen molar-refractivity contribution < 1.29 is 14.6 Å². The third-order valence-electron chi connectivity index (χ3n) is 1.02. The summed E-state index contributed by atoms with van der Waals surface area (Å²) in [5.41, 5.74) is 0. The minimum absolute atomic E-state index is 0.232. The third-order valence-corrected chi connectivity index (χ3v) is 1.02. The molecule has 0 aliphatic carbocycles. The molecular formula is C7H11O3. The summed E-state index contributed by atoms with van der Waals surface area (Å²) in [5.74, 6) is 0. The second-order valence-electron chi connectivity index (χ2n) is 1.88. The molecular weight excluding hydrogens is 132 g/mol. The van der Waals surface area contributed by atoms with E-state index in [9.17, 15) is 9.90 Å². The Kier molecular flexibility index (Phi) is 5.53. The first-order chi connectivity index (χ1) is 4.77. The highest BCUT2D eigenvalue weighted by Crippen LogP contribution is 1.95. The van der Waals surface area contributed by atoms with E-state index in [0.29, 0.717) is 0 Å². The van der Waals surface area contributed by atoms with Crippen LogP contribution < -0.4 is 0 Å². The monoisotopic (exact) mass is 143 g/mol. The summed E-state index contributed by atoms with van der Waals surface area (Å²) in [7, 11) is 0. The van der Waals surface area contributed by atoms with Crippen LogP contribution in [-0.4, -0.2) is 12.8 Å². The zero-order chi connectivity index (χ0) is 7.82. The van der Waals surface area contributed by atoms with Crippen LogP contribution in [0.2, 0.25) is 0 Å². The Morgan fingerprint density at radius 1 is 1.50 bits per heavy atom. The zero-order valence-electron chi connectivity index (χ0n) is 5.84. The van der Waals surface area contributed by atoms with Gasteiger partial charge in [0.1, 0.15) is 0 Å². The summed E-state index contributed by atoms with van der Waals surface area (Å²) in [6, 6.07) is 0. The van der Waals surface area contributed by atoms with Crippen molar-refractivity contribution in [2.45, 2.75) is 19.3 Å². The first kappa shape index (κ1) is 9.01. The second kappa shape index (κ2) is 6.13. The molecule has 10 heavy (non-hydrogen) atoms. The molecule has 0 rings (SSSR count). The minimum atomic E-state index is -1.45. The van der Waals surface area contributed by atoms with E-state index in [4.69, 9.17) is 0 Å². The number of carbonyl (C=O) groups excluding carboxylic acids is 1. The van der Waals surface area contributed by atoms with Gasteiger partial charge in [0.05, 0.1) is 6.61 Å². The molecule has 0 N–H and O–H groups in total. The number of unbranched alkanes of at least 4 members (excludes halogenated alkanes) is 2. The molecule has 1 radical (unpaired) electrons. The van der Waals surface area contributed by atoms with E-state index in [1.807, 2.05) is 0 Å². The zero-order valence-corrected chi connectivity index (χ0v) is 5.84. The fourth-order valence-electron chi connectivity index (χ4n) is 0.546. The summed E-state index contributed by atoms with van der Waals surface area (Å²) >= 11 is 0. The van der Waals surface area contributed by atoms with Crippen LogP contribution in [0.4, 0.5) is 4.79 Å². The van der Waals surface area contributed by atoms with E-state index in [0.717, 1.165) is 19.3 Å². The SMILES string of the molecule is C=CCCCCOC([O])=O. The van der Waals surface area contributed by atoms with Gasteiger partial charge in [-0.05, 0) is 19.3 Å². The van der Waals surface area contributed by atoms with Crippen LogP contribution in [0, 0.1) is 0 Å². The van der Waals surface area contributed by atoms with E-state index < -0.39 is 6.16 Å². The first-order valence-electron chi connectivity index (χ1n) is 3.22. The molecule has 0 saturated carbocycles. The van der Waals surface area contributed by atoms with E-state index >= 15 is 0 Å². The summed E-state index contributed by atoms with van der Waals surface area (Å²) in [6.45, 7) is 3.76. The van der Waals surface area contributed by atoms with Crippen LogP contribution in [-0.2, 0) is 9.84 Å². The number of allylic oxidation sites excluding steroid dienone is 1. The van der Waals surface area contributed by atoms with Gasteiger partial charge in [0.25, 0.3) is 0 Å². The average Bonchev–Trinajstić information content (AvgIpc) is 1.87. The van der Waals surface area contributed by atoms with Gasteiger partial charge in [0.2, 0.25) is 0 Å². The fraction of sp³-hybridized carbons (Fsp3) is 0.571. The van der Waals surface area contributed by atoms with E-state index in [1.54, 1.807) is 6.08 Å². The number of ether oxygens (including phenoxy) is 1. The van der Waals surface area contributed by atoms with Crippen LogP contribution in [0.3, 0.4) is 0 Å². The summed E-state index contributed by atoms with van der Waals surface area (Å²) < 4.78 is 4.16. The van der Waals surface area contributed by atoms with Gasteiger partial charge in [-0.1, -0.05) is 6.08 Å². The van der Waals surface area contributed by atoms with Gasteiger partial charge in [-0.3, -0.25) is 0 Å². The van der Waals surface area contributed by atoms with Gasteiger partial charge in [0.15, 0.2) is 0 Å². The van der Waals surface area contributed by atoms with Gasteiger partial charge in [0, 0.05) is 0 Å². The molecule has 0 aromatic heterocycles. The maximum Gasteiger partial charge on any atom is 0.549 e. The van der Waals surface area contributed by atoms with Crippen LogP contribution in [0.1, 0.15) is 19.3 Å². The maximum absolute atomic E-state index is 9.68. The molecule has 0 spiro atoms. The normalized spacial score (nSPS) is 8.80. The molecule has 0 aromatic carbocycles. The molecule has 3 heteroatoms. The smallest absolute Gasteiger partial charge is 0.432 e. The molecule has 0 aromatic rings. The quantitative estimate of drug-likeness (QED) is 0.335. The van der Waals surface area contributed by atoms with E-state index in [-0.39, 0.29) is 6.61 Å².